The van der Waals surface area contributed by atoms with E-state index in [1.54, 1.807) is 0 Å². The van der Waals surface area contributed by atoms with Crippen molar-refractivity contribution < 1.29 is 9.47 Å². The standard InChI is InChI=1S/C17H35N3O2/c1-4-5-6-8-15(2)20-17(18-3)19-10-7-11-21-13-16-9-12-22-14-16/h15-16H,4-14H2,1-3H3,(H2,18,19,20). The number of nitrogens with one attached hydrogen (secondary N) is 2. The third-order valence-electron chi connectivity index (χ3n) is 3.98. The van der Waals surface area contributed by atoms with Crippen molar-refractivity contribution in [1.29, 1.82) is 0 Å². The van der Waals surface area contributed by atoms with Gasteiger partial charge in [0.15, 0.2) is 5.96 Å². The molecule has 0 aromatic rings. The molecule has 0 aromatic heterocycles. The Bertz CT molecular complexity index is 292. The van der Waals surface area contributed by atoms with Gasteiger partial charge in [0, 0.05) is 38.8 Å². The van der Waals surface area contributed by atoms with Gasteiger partial charge in [-0.05, 0) is 26.2 Å². The molecule has 1 aliphatic heterocycles. The minimum Gasteiger partial charge on any atom is -0.381 e. The van der Waals surface area contributed by atoms with Crippen LogP contribution in [-0.4, -0.2) is 52.0 Å². The molecule has 2 N–H and O–H groups in total. The summed E-state index contributed by atoms with van der Waals surface area (Å²) in [5.41, 5.74) is 0. The predicted molar refractivity (Wildman–Crippen MR) is 92.5 cm³/mol. The number of unbranched alkanes of at least 4 members (excludes halogenated alkanes) is 2. The Hall–Kier alpha value is -0.810. The minimum atomic E-state index is 0.469. The fourth-order valence-corrected chi connectivity index (χ4v) is 2.55. The highest BCUT2D eigenvalue weighted by molar-refractivity contribution is 5.79. The van der Waals surface area contributed by atoms with Gasteiger partial charge in [0.25, 0.3) is 0 Å². The fraction of sp³-hybridized carbons (Fsp3) is 0.941. The van der Waals surface area contributed by atoms with Gasteiger partial charge in [-0.3, -0.25) is 4.99 Å². The summed E-state index contributed by atoms with van der Waals surface area (Å²) in [6, 6.07) is 0.469. The summed E-state index contributed by atoms with van der Waals surface area (Å²) in [5.74, 6) is 1.50. The first kappa shape index (κ1) is 19.2. The van der Waals surface area contributed by atoms with E-state index in [0.29, 0.717) is 12.0 Å². The molecule has 1 rings (SSSR count). The van der Waals surface area contributed by atoms with Crippen LogP contribution in [0.1, 0.15) is 52.4 Å². The lowest BCUT2D eigenvalue weighted by molar-refractivity contribution is 0.0888. The average molecular weight is 313 g/mol. The molecule has 22 heavy (non-hydrogen) atoms. The van der Waals surface area contributed by atoms with Gasteiger partial charge in [-0.1, -0.05) is 26.2 Å². The molecular weight excluding hydrogens is 278 g/mol. The van der Waals surface area contributed by atoms with Crippen LogP contribution < -0.4 is 10.6 Å². The number of guanidine groups is 1. The Kier molecular flexibility index (Phi) is 11.1. The van der Waals surface area contributed by atoms with Crippen LogP contribution in [0.15, 0.2) is 4.99 Å². The highest BCUT2D eigenvalue weighted by atomic mass is 16.5. The summed E-state index contributed by atoms with van der Waals surface area (Å²) < 4.78 is 11.0. The predicted octanol–water partition coefficient (Wildman–Crippen LogP) is 2.56. The molecule has 0 saturated carbocycles. The average Bonchev–Trinajstić information content (AvgIpc) is 3.03. The van der Waals surface area contributed by atoms with E-state index in [9.17, 15) is 0 Å². The van der Waals surface area contributed by atoms with Crippen molar-refractivity contribution in [2.24, 2.45) is 10.9 Å². The summed E-state index contributed by atoms with van der Waals surface area (Å²) in [6.07, 6.45) is 7.19. The largest absolute Gasteiger partial charge is 0.381 e. The number of rotatable bonds is 11. The van der Waals surface area contributed by atoms with E-state index >= 15 is 0 Å². The molecule has 1 fully saturated rings. The fourth-order valence-electron chi connectivity index (χ4n) is 2.55. The summed E-state index contributed by atoms with van der Waals surface area (Å²) in [7, 11) is 1.82. The van der Waals surface area contributed by atoms with E-state index in [2.05, 4.69) is 29.5 Å². The second kappa shape index (κ2) is 12.7. The lowest BCUT2D eigenvalue weighted by Gasteiger charge is -2.18. The van der Waals surface area contributed by atoms with Crippen LogP contribution in [0.4, 0.5) is 0 Å². The molecule has 0 radical (unpaired) electrons. The van der Waals surface area contributed by atoms with Crippen LogP contribution in [-0.2, 0) is 9.47 Å². The van der Waals surface area contributed by atoms with E-state index in [-0.39, 0.29) is 0 Å². The van der Waals surface area contributed by atoms with Crippen LogP contribution in [0.25, 0.3) is 0 Å². The number of ether oxygens (including phenoxy) is 2. The monoisotopic (exact) mass is 313 g/mol. The second-order valence-electron chi connectivity index (χ2n) is 6.20. The van der Waals surface area contributed by atoms with Crippen molar-refractivity contribution in [3.8, 4) is 0 Å². The lowest BCUT2D eigenvalue weighted by atomic mass is 10.1. The molecule has 0 aliphatic carbocycles. The lowest BCUT2D eigenvalue weighted by Crippen LogP contribution is -2.42. The Balaban J connectivity index is 1.98. The summed E-state index contributed by atoms with van der Waals surface area (Å²) in [4.78, 5) is 4.27. The zero-order valence-corrected chi connectivity index (χ0v) is 14.7. The summed E-state index contributed by atoms with van der Waals surface area (Å²) in [6.45, 7) is 8.74. The molecule has 1 saturated heterocycles. The SMILES string of the molecule is CCCCCC(C)NC(=NC)NCCCOCC1CCOC1. The maximum Gasteiger partial charge on any atom is 0.191 e. The first-order chi connectivity index (χ1) is 10.8. The molecule has 2 atom stereocenters. The number of hydrogen-bond acceptors (Lipinski definition) is 3. The molecule has 0 amide bonds. The first-order valence-corrected chi connectivity index (χ1v) is 8.89. The van der Waals surface area contributed by atoms with E-state index in [4.69, 9.17) is 9.47 Å². The Labute approximate surface area is 136 Å². The van der Waals surface area contributed by atoms with Gasteiger partial charge in [-0.15, -0.1) is 0 Å². The van der Waals surface area contributed by atoms with E-state index < -0.39 is 0 Å². The number of aliphatic imine (C=N–C) groups is 1. The van der Waals surface area contributed by atoms with Gasteiger partial charge < -0.3 is 20.1 Å². The number of nitrogens with zero attached hydrogens (tertiary/aromatic N) is 1. The van der Waals surface area contributed by atoms with Gasteiger partial charge >= 0.3 is 0 Å². The summed E-state index contributed by atoms with van der Waals surface area (Å²) >= 11 is 0. The van der Waals surface area contributed by atoms with Gasteiger partial charge in [0.05, 0.1) is 13.2 Å². The molecule has 0 bridgehead atoms. The van der Waals surface area contributed by atoms with Gasteiger partial charge in [0.2, 0.25) is 0 Å². The van der Waals surface area contributed by atoms with Crippen molar-refractivity contribution in [2.75, 3.05) is 40.0 Å². The molecular formula is C17H35N3O2. The number of hydrogen-bond donors (Lipinski definition) is 2. The molecule has 0 spiro atoms. The van der Waals surface area contributed by atoms with Gasteiger partial charge in [0.1, 0.15) is 0 Å². The highest BCUT2D eigenvalue weighted by Crippen LogP contribution is 2.12. The topological polar surface area (TPSA) is 54.9 Å². The van der Waals surface area contributed by atoms with Crippen molar-refractivity contribution in [3.63, 3.8) is 0 Å². The van der Waals surface area contributed by atoms with E-state index in [0.717, 1.165) is 51.8 Å². The van der Waals surface area contributed by atoms with Crippen LogP contribution in [0.2, 0.25) is 0 Å². The van der Waals surface area contributed by atoms with Crippen molar-refractivity contribution in [1.82, 2.24) is 10.6 Å². The van der Waals surface area contributed by atoms with Crippen LogP contribution >= 0.6 is 0 Å². The van der Waals surface area contributed by atoms with E-state index in [1.165, 1.54) is 25.7 Å². The van der Waals surface area contributed by atoms with E-state index in [1.807, 2.05) is 7.05 Å². The van der Waals surface area contributed by atoms with Crippen LogP contribution in [0, 0.1) is 5.92 Å². The molecule has 5 nitrogen and oxygen atoms in total. The highest BCUT2D eigenvalue weighted by Gasteiger charge is 2.15. The van der Waals surface area contributed by atoms with Crippen molar-refractivity contribution >= 4 is 5.96 Å². The minimum absolute atomic E-state index is 0.469. The zero-order valence-electron chi connectivity index (χ0n) is 14.7. The van der Waals surface area contributed by atoms with Crippen molar-refractivity contribution in [3.05, 3.63) is 0 Å². The third kappa shape index (κ3) is 9.26. The van der Waals surface area contributed by atoms with Gasteiger partial charge in [-0.2, -0.15) is 0 Å². The maximum atomic E-state index is 5.70. The molecule has 2 unspecified atom stereocenters. The molecule has 1 heterocycles. The van der Waals surface area contributed by atoms with Crippen LogP contribution in [0.3, 0.4) is 0 Å². The molecule has 130 valence electrons. The Morgan fingerprint density at radius 2 is 2.23 bits per heavy atom. The Morgan fingerprint density at radius 3 is 2.91 bits per heavy atom. The molecule has 0 aromatic carbocycles. The quantitative estimate of drug-likeness (QED) is 0.350. The maximum absolute atomic E-state index is 5.70. The normalized spacial score (nSPS) is 20.1. The van der Waals surface area contributed by atoms with Crippen molar-refractivity contribution in [2.45, 2.75) is 58.4 Å². The smallest absolute Gasteiger partial charge is 0.191 e. The second-order valence-corrected chi connectivity index (χ2v) is 6.20. The zero-order chi connectivity index (χ0) is 16.0. The molecule has 5 heteroatoms. The first-order valence-electron chi connectivity index (χ1n) is 8.89. The summed E-state index contributed by atoms with van der Waals surface area (Å²) in [5, 5.41) is 6.80. The third-order valence-corrected chi connectivity index (χ3v) is 3.98. The Morgan fingerprint density at radius 1 is 1.36 bits per heavy atom. The van der Waals surface area contributed by atoms with Crippen LogP contribution in [0.5, 0.6) is 0 Å². The molecule has 1 aliphatic rings. The van der Waals surface area contributed by atoms with Gasteiger partial charge in [-0.25, -0.2) is 0 Å².